The summed E-state index contributed by atoms with van der Waals surface area (Å²) in [5, 5.41) is 5.01. The maximum atomic E-state index is 12.0. The molecule has 1 amide bonds. The monoisotopic (exact) mass is 341 g/mol. The molecule has 19 heavy (non-hydrogen) atoms. The predicted octanol–water partition coefficient (Wildman–Crippen LogP) is 2.87. The summed E-state index contributed by atoms with van der Waals surface area (Å²) >= 11 is 5.02. The molecule has 0 aliphatic heterocycles. The zero-order valence-corrected chi connectivity index (χ0v) is 13.2. The van der Waals surface area contributed by atoms with Gasteiger partial charge in [-0.25, -0.2) is 0 Å². The van der Waals surface area contributed by atoms with E-state index in [9.17, 15) is 4.79 Å². The Morgan fingerprint density at radius 3 is 2.89 bits per heavy atom. The predicted molar refractivity (Wildman–Crippen MR) is 81.6 cm³/mol. The van der Waals surface area contributed by atoms with Gasteiger partial charge in [0.2, 0.25) is 0 Å². The van der Waals surface area contributed by atoms with E-state index >= 15 is 0 Å². The van der Waals surface area contributed by atoms with Crippen molar-refractivity contribution in [1.82, 2.24) is 15.2 Å². The third kappa shape index (κ3) is 3.68. The highest BCUT2D eigenvalue weighted by Gasteiger charge is 2.17. The summed E-state index contributed by atoms with van der Waals surface area (Å²) in [5.41, 5.74) is 0.565. The smallest absolute Gasteiger partial charge is 0.267 e. The third-order valence-corrected chi connectivity index (χ3v) is 4.27. The fourth-order valence-corrected chi connectivity index (χ4v) is 3.07. The summed E-state index contributed by atoms with van der Waals surface area (Å²) in [4.78, 5) is 18.3. The number of aromatic nitrogens is 1. The van der Waals surface area contributed by atoms with Crippen LogP contribution in [-0.4, -0.2) is 36.4 Å². The number of amides is 1. The number of H-pyrrole nitrogens is 1. The Morgan fingerprint density at radius 1 is 1.58 bits per heavy atom. The number of hydrogen-bond donors (Lipinski definition) is 2. The highest BCUT2D eigenvalue weighted by molar-refractivity contribution is 9.10. The summed E-state index contributed by atoms with van der Waals surface area (Å²) in [7, 11) is 4.03. The summed E-state index contributed by atoms with van der Waals surface area (Å²) < 4.78 is 0.875. The SMILES string of the molecule is CN(C)C(CNC(=O)c1cc(Br)c[nH]1)c1cccs1. The highest BCUT2D eigenvalue weighted by Crippen LogP contribution is 2.22. The molecule has 6 heteroatoms. The largest absolute Gasteiger partial charge is 0.356 e. The van der Waals surface area contributed by atoms with Crippen molar-refractivity contribution >= 4 is 33.2 Å². The zero-order valence-electron chi connectivity index (χ0n) is 10.8. The summed E-state index contributed by atoms with van der Waals surface area (Å²) in [6.07, 6.45) is 1.75. The number of nitrogens with one attached hydrogen (secondary N) is 2. The van der Waals surface area contributed by atoms with Gasteiger partial charge in [0, 0.05) is 22.1 Å². The molecule has 1 atom stereocenters. The molecule has 0 bridgehead atoms. The second-order valence-electron chi connectivity index (χ2n) is 4.44. The fraction of sp³-hybridized carbons (Fsp3) is 0.308. The number of halogens is 1. The number of likely N-dealkylation sites (N-methyl/N-ethyl adjacent to an activating group) is 1. The van der Waals surface area contributed by atoms with Gasteiger partial charge in [0.25, 0.3) is 5.91 Å². The Bertz CT molecular complexity index is 536. The molecule has 0 radical (unpaired) electrons. The molecule has 102 valence electrons. The Hall–Kier alpha value is -1.11. The lowest BCUT2D eigenvalue weighted by molar-refractivity contribution is 0.0938. The summed E-state index contributed by atoms with van der Waals surface area (Å²) in [6, 6.07) is 6.08. The van der Waals surface area contributed by atoms with Gasteiger partial charge in [0.15, 0.2) is 0 Å². The molecule has 0 aliphatic carbocycles. The number of thiophene rings is 1. The van der Waals surface area contributed by atoms with Crippen molar-refractivity contribution < 1.29 is 4.79 Å². The van der Waals surface area contributed by atoms with Crippen LogP contribution in [-0.2, 0) is 0 Å². The van der Waals surface area contributed by atoms with Crippen LogP contribution in [0.2, 0.25) is 0 Å². The van der Waals surface area contributed by atoms with Gasteiger partial charge in [-0.1, -0.05) is 6.07 Å². The van der Waals surface area contributed by atoms with Gasteiger partial charge in [-0.05, 0) is 47.5 Å². The average molecular weight is 342 g/mol. The number of nitrogens with zero attached hydrogens (tertiary/aromatic N) is 1. The molecular formula is C13H16BrN3OS. The first-order valence-corrected chi connectivity index (χ1v) is 7.57. The standard InChI is InChI=1S/C13H16BrN3OS/c1-17(2)11(12-4-3-5-19-12)8-16-13(18)10-6-9(14)7-15-10/h3-7,11,15H,8H2,1-2H3,(H,16,18). The van der Waals surface area contributed by atoms with Gasteiger partial charge < -0.3 is 15.2 Å². The zero-order chi connectivity index (χ0) is 13.8. The van der Waals surface area contributed by atoms with Crippen LogP contribution < -0.4 is 5.32 Å². The van der Waals surface area contributed by atoms with Gasteiger partial charge >= 0.3 is 0 Å². The topological polar surface area (TPSA) is 48.1 Å². The van der Waals surface area contributed by atoms with Crippen LogP contribution in [0.5, 0.6) is 0 Å². The molecule has 0 saturated heterocycles. The van der Waals surface area contributed by atoms with Crippen molar-refractivity contribution in [3.05, 3.63) is 44.8 Å². The molecule has 1 unspecified atom stereocenters. The van der Waals surface area contributed by atoms with Gasteiger partial charge in [-0.3, -0.25) is 4.79 Å². The number of hydrogen-bond acceptors (Lipinski definition) is 3. The van der Waals surface area contributed by atoms with E-state index in [1.165, 1.54) is 4.88 Å². The van der Waals surface area contributed by atoms with E-state index in [1.54, 1.807) is 23.6 Å². The molecule has 2 rings (SSSR count). The minimum Gasteiger partial charge on any atom is -0.356 e. The van der Waals surface area contributed by atoms with Crippen LogP contribution >= 0.6 is 27.3 Å². The van der Waals surface area contributed by atoms with Crippen molar-refractivity contribution in [2.45, 2.75) is 6.04 Å². The van der Waals surface area contributed by atoms with Crippen molar-refractivity contribution in [2.24, 2.45) is 0 Å². The summed E-state index contributed by atoms with van der Waals surface area (Å²) in [5.74, 6) is -0.0888. The number of aromatic amines is 1. The minimum atomic E-state index is -0.0888. The van der Waals surface area contributed by atoms with E-state index in [-0.39, 0.29) is 11.9 Å². The normalized spacial score (nSPS) is 12.6. The van der Waals surface area contributed by atoms with Crippen LogP contribution in [0.3, 0.4) is 0 Å². The van der Waals surface area contributed by atoms with Crippen molar-refractivity contribution in [3.8, 4) is 0 Å². The Morgan fingerprint density at radius 2 is 2.37 bits per heavy atom. The van der Waals surface area contributed by atoms with E-state index < -0.39 is 0 Å². The molecule has 0 saturated carbocycles. The first kappa shape index (κ1) is 14.3. The lowest BCUT2D eigenvalue weighted by Crippen LogP contribution is -2.34. The van der Waals surface area contributed by atoms with Crippen LogP contribution in [0, 0.1) is 0 Å². The lowest BCUT2D eigenvalue weighted by Gasteiger charge is -2.23. The molecule has 0 aliphatic rings. The van der Waals surface area contributed by atoms with E-state index in [4.69, 9.17) is 0 Å². The number of carbonyl (C=O) groups excluding carboxylic acids is 1. The Balaban J connectivity index is 1.98. The number of rotatable bonds is 5. The first-order chi connectivity index (χ1) is 9.08. The van der Waals surface area contributed by atoms with Crippen LogP contribution in [0.25, 0.3) is 0 Å². The molecule has 2 aromatic heterocycles. The molecule has 4 nitrogen and oxygen atoms in total. The van der Waals surface area contributed by atoms with E-state index in [1.807, 2.05) is 20.2 Å². The van der Waals surface area contributed by atoms with Crippen molar-refractivity contribution in [2.75, 3.05) is 20.6 Å². The first-order valence-electron chi connectivity index (χ1n) is 5.90. The van der Waals surface area contributed by atoms with Crippen LogP contribution in [0.15, 0.2) is 34.2 Å². The second kappa shape index (κ2) is 6.36. The molecule has 2 aromatic rings. The molecular weight excluding hydrogens is 326 g/mol. The lowest BCUT2D eigenvalue weighted by atomic mass is 10.2. The Kier molecular flexibility index (Phi) is 4.79. The van der Waals surface area contributed by atoms with Gasteiger partial charge in [0.05, 0.1) is 6.04 Å². The van der Waals surface area contributed by atoms with Crippen LogP contribution in [0.1, 0.15) is 21.4 Å². The third-order valence-electron chi connectivity index (χ3n) is 2.84. The van der Waals surface area contributed by atoms with E-state index in [0.29, 0.717) is 12.2 Å². The van der Waals surface area contributed by atoms with Gasteiger partial charge in [-0.15, -0.1) is 11.3 Å². The number of carbonyl (C=O) groups is 1. The van der Waals surface area contributed by atoms with Crippen LogP contribution in [0.4, 0.5) is 0 Å². The molecule has 2 N–H and O–H groups in total. The highest BCUT2D eigenvalue weighted by atomic mass is 79.9. The van der Waals surface area contributed by atoms with Crippen molar-refractivity contribution in [3.63, 3.8) is 0 Å². The molecule has 0 spiro atoms. The Labute approximate surface area is 125 Å². The minimum absolute atomic E-state index is 0.0888. The summed E-state index contributed by atoms with van der Waals surface area (Å²) in [6.45, 7) is 0.586. The maximum Gasteiger partial charge on any atom is 0.267 e. The molecule has 0 aromatic carbocycles. The maximum absolute atomic E-state index is 12.0. The van der Waals surface area contributed by atoms with E-state index in [0.717, 1.165) is 4.47 Å². The molecule has 2 heterocycles. The fourth-order valence-electron chi connectivity index (χ4n) is 1.80. The van der Waals surface area contributed by atoms with E-state index in [2.05, 4.69) is 42.6 Å². The quantitative estimate of drug-likeness (QED) is 0.878. The second-order valence-corrected chi connectivity index (χ2v) is 6.33. The molecule has 0 fully saturated rings. The van der Waals surface area contributed by atoms with Gasteiger partial charge in [0.1, 0.15) is 5.69 Å². The van der Waals surface area contributed by atoms with Gasteiger partial charge in [-0.2, -0.15) is 0 Å². The van der Waals surface area contributed by atoms with Crippen molar-refractivity contribution in [1.29, 1.82) is 0 Å². The average Bonchev–Trinajstić information content (AvgIpc) is 3.00.